The number of halogens is 1. The highest BCUT2D eigenvalue weighted by molar-refractivity contribution is 6.16. The Bertz CT molecular complexity index is 1230. The van der Waals surface area contributed by atoms with E-state index in [9.17, 15) is 14.0 Å². The summed E-state index contributed by atoms with van der Waals surface area (Å²) in [5.74, 6) is 0.771. The number of carbonyl (C=O) groups is 2. The molecule has 0 bridgehead atoms. The molecule has 188 valence electrons. The van der Waals surface area contributed by atoms with Crippen molar-refractivity contribution < 1.29 is 23.5 Å². The van der Waals surface area contributed by atoms with Gasteiger partial charge >= 0.3 is 0 Å². The maximum Gasteiger partial charge on any atom is 0.240 e. The maximum atomic E-state index is 13.1. The molecule has 0 atom stereocenters. The van der Waals surface area contributed by atoms with Gasteiger partial charge in [-0.3, -0.25) is 9.59 Å². The predicted molar refractivity (Wildman–Crippen MR) is 136 cm³/mol. The van der Waals surface area contributed by atoms with Crippen LogP contribution in [0.5, 0.6) is 5.75 Å². The third kappa shape index (κ3) is 5.40. The molecule has 1 heterocycles. The molecule has 36 heavy (non-hydrogen) atoms. The Balaban J connectivity index is 1.39. The summed E-state index contributed by atoms with van der Waals surface area (Å²) in [5, 5.41) is 8.78. The van der Waals surface area contributed by atoms with Crippen molar-refractivity contribution in [2.24, 2.45) is 10.4 Å². The average molecular weight is 493 g/mol. The van der Waals surface area contributed by atoms with Gasteiger partial charge in [0.25, 0.3) is 0 Å². The first-order chi connectivity index (χ1) is 17.2. The first-order valence-corrected chi connectivity index (χ1v) is 11.6. The van der Waals surface area contributed by atoms with E-state index in [0.717, 1.165) is 0 Å². The van der Waals surface area contributed by atoms with Crippen LogP contribution in [-0.2, 0) is 14.3 Å². The normalized spacial score (nSPS) is 17.8. The number of nitrogens with zero attached hydrogens (tertiary/aromatic N) is 1. The van der Waals surface area contributed by atoms with Gasteiger partial charge in [0.05, 0.1) is 5.54 Å². The van der Waals surface area contributed by atoms with E-state index in [2.05, 4.69) is 27.7 Å². The van der Waals surface area contributed by atoms with E-state index in [1.807, 2.05) is 20.8 Å². The second kappa shape index (κ2) is 9.85. The van der Waals surface area contributed by atoms with E-state index < -0.39 is 17.1 Å². The summed E-state index contributed by atoms with van der Waals surface area (Å²) in [6.07, 6.45) is 2.65. The van der Waals surface area contributed by atoms with Crippen LogP contribution in [0.15, 0.2) is 76.9 Å². The number of hydrogen-bond acceptors (Lipinski definition) is 6. The van der Waals surface area contributed by atoms with Crippen molar-refractivity contribution in [1.82, 2.24) is 5.32 Å². The molecule has 8 nitrogen and oxygen atoms in total. The van der Waals surface area contributed by atoms with E-state index in [4.69, 9.17) is 9.47 Å². The van der Waals surface area contributed by atoms with Crippen LogP contribution in [0, 0.1) is 11.2 Å². The molecule has 1 saturated carbocycles. The minimum atomic E-state index is -1.14. The number of nitrogens with one attached hydrogen (secondary N) is 3. The summed E-state index contributed by atoms with van der Waals surface area (Å²) in [7, 11) is 0. The van der Waals surface area contributed by atoms with Gasteiger partial charge in [-0.2, -0.15) is 0 Å². The van der Waals surface area contributed by atoms with E-state index in [0.29, 0.717) is 53.9 Å². The number of anilines is 2. The van der Waals surface area contributed by atoms with E-state index in [1.165, 1.54) is 24.3 Å². The van der Waals surface area contributed by atoms with Gasteiger partial charge < -0.3 is 25.4 Å². The van der Waals surface area contributed by atoms with Crippen molar-refractivity contribution in [3.8, 4) is 5.75 Å². The van der Waals surface area contributed by atoms with Gasteiger partial charge in [-0.05, 0) is 94.9 Å². The van der Waals surface area contributed by atoms with E-state index >= 15 is 0 Å². The number of ether oxygens (including phenoxy) is 2. The number of allylic oxidation sites excluding steroid dienone is 1. The second-order valence-electron chi connectivity index (χ2n) is 9.41. The summed E-state index contributed by atoms with van der Waals surface area (Å²) in [6.45, 7) is 9.86. The minimum absolute atomic E-state index is 0.284. The van der Waals surface area contributed by atoms with Gasteiger partial charge in [0.1, 0.15) is 23.6 Å². The molecule has 2 aromatic carbocycles. The highest BCUT2D eigenvalue weighted by Gasteiger charge is 2.56. The van der Waals surface area contributed by atoms with Crippen LogP contribution >= 0.6 is 0 Å². The molecule has 0 aromatic heterocycles. The molecular formula is C27H29FN4O4. The lowest BCUT2D eigenvalue weighted by Crippen LogP contribution is -2.46. The Morgan fingerprint density at radius 2 is 1.61 bits per heavy atom. The molecule has 0 radical (unpaired) electrons. The smallest absolute Gasteiger partial charge is 0.240 e. The number of aliphatic imine (C=N–C) groups is 1. The van der Waals surface area contributed by atoms with Crippen LogP contribution in [0.1, 0.15) is 33.6 Å². The molecule has 2 aromatic rings. The fourth-order valence-electron chi connectivity index (χ4n) is 3.72. The van der Waals surface area contributed by atoms with Gasteiger partial charge in [-0.1, -0.05) is 0 Å². The van der Waals surface area contributed by atoms with Crippen molar-refractivity contribution in [2.45, 2.75) is 39.2 Å². The van der Waals surface area contributed by atoms with Gasteiger partial charge in [0.15, 0.2) is 11.6 Å². The molecule has 0 unspecified atom stereocenters. The average Bonchev–Trinajstić information content (AvgIpc) is 3.67. The first-order valence-electron chi connectivity index (χ1n) is 11.6. The molecule has 1 aliphatic heterocycles. The lowest BCUT2D eigenvalue weighted by Gasteiger charge is -2.34. The summed E-state index contributed by atoms with van der Waals surface area (Å²) in [6, 6.07) is 12.2. The Morgan fingerprint density at radius 3 is 2.11 bits per heavy atom. The van der Waals surface area contributed by atoms with E-state index in [1.54, 1.807) is 30.3 Å². The highest BCUT2D eigenvalue weighted by atomic mass is 19.1. The monoisotopic (exact) mass is 492 g/mol. The number of rotatable bonds is 8. The van der Waals surface area contributed by atoms with Crippen LogP contribution in [0.25, 0.3) is 0 Å². The molecule has 0 spiro atoms. The van der Waals surface area contributed by atoms with Gasteiger partial charge in [0, 0.05) is 11.4 Å². The fraction of sp³-hybridized carbons (Fsp3) is 0.296. The highest BCUT2D eigenvalue weighted by Crippen LogP contribution is 2.47. The summed E-state index contributed by atoms with van der Waals surface area (Å²) in [4.78, 5) is 29.7. The van der Waals surface area contributed by atoms with Crippen molar-refractivity contribution in [1.29, 1.82) is 0 Å². The number of benzene rings is 2. The number of amides is 2. The summed E-state index contributed by atoms with van der Waals surface area (Å²) < 4.78 is 25.0. The van der Waals surface area contributed by atoms with Crippen LogP contribution in [-0.4, -0.2) is 30.7 Å². The zero-order valence-electron chi connectivity index (χ0n) is 20.5. The predicted octanol–water partition coefficient (Wildman–Crippen LogP) is 4.73. The molecule has 9 heteroatoms. The largest absolute Gasteiger partial charge is 0.484 e. The van der Waals surface area contributed by atoms with Crippen LogP contribution in [0.4, 0.5) is 15.8 Å². The molecular weight excluding hydrogens is 463 g/mol. The van der Waals surface area contributed by atoms with Crippen LogP contribution in [0.2, 0.25) is 0 Å². The van der Waals surface area contributed by atoms with Crippen LogP contribution in [0.3, 0.4) is 0 Å². The van der Waals surface area contributed by atoms with Crippen molar-refractivity contribution in [3.63, 3.8) is 0 Å². The van der Waals surface area contributed by atoms with Gasteiger partial charge in [-0.25, -0.2) is 9.38 Å². The third-order valence-corrected chi connectivity index (χ3v) is 5.95. The Morgan fingerprint density at radius 1 is 1.06 bits per heavy atom. The first kappa shape index (κ1) is 25.0. The molecule has 1 fully saturated rings. The molecule has 3 N–H and O–H groups in total. The Labute approximate surface area is 209 Å². The summed E-state index contributed by atoms with van der Waals surface area (Å²) in [5.41, 5.74) is -0.456. The molecule has 4 rings (SSSR count). The van der Waals surface area contributed by atoms with Gasteiger partial charge in [0.2, 0.25) is 17.6 Å². The van der Waals surface area contributed by atoms with Crippen molar-refractivity contribution in [3.05, 3.63) is 77.8 Å². The van der Waals surface area contributed by atoms with Crippen LogP contribution < -0.4 is 20.7 Å². The topological polar surface area (TPSA) is 101 Å². The second-order valence-corrected chi connectivity index (χ2v) is 9.41. The molecule has 0 saturated heterocycles. The zero-order chi connectivity index (χ0) is 25.9. The minimum Gasteiger partial charge on any atom is -0.484 e. The lowest BCUT2D eigenvalue weighted by molar-refractivity contribution is -0.131. The standard InChI is InChI=1S/C27H29FN4O4/c1-5-21(22-23(29-4)32-26(2,3)16-35-22)36-20-12-10-19(11-13-20)31-25(34)27(14-15-27)24(33)30-18-8-6-17(28)7-9-18/h5-13,32H,4,14-16H2,1-3H3,(H,30,33)(H,31,34)/b21-5+. The quantitative estimate of drug-likeness (QED) is 0.281. The van der Waals surface area contributed by atoms with Gasteiger partial charge in [-0.15, -0.1) is 0 Å². The number of hydrogen-bond donors (Lipinski definition) is 3. The Kier molecular flexibility index (Phi) is 6.83. The maximum absolute atomic E-state index is 13.1. The van der Waals surface area contributed by atoms with Crippen molar-refractivity contribution in [2.75, 3.05) is 17.2 Å². The van der Waals surface area contributed by atoms with E-state index in [-0.39, 0.29) is 11.4 Å². The molecule has 2 aliphatic rings. The van der Waals surface area contributed by atoms with Crippen molar-refractivity contribution >= 4 is 29.9 Å². The molecule has 2 amide bonds. The summed E-state index contributed by atoms with van der Waals surface area (Å²) >= 11 is 0. The SMILES string of the molecule is C=NC1=C(/C(=C\C)Oc2ccc(NC(=O)C3(C(=O)Nc4ccc(F)cc4)CC3)cc2)OCC(C)(C)N1. The lowest BCUT2D eigenvalue weighted by atomic mass is 10.0. The zero-order valence-corrected chi connectivity index (χ0v) is 20.5. The Hall–Kier alpha value is -4.14. The number of carbonyl (C=O) groups excluding carboxylic acids is 2. The fourth-order valence-corrected chi connectivity index (χ4v) is 3.72. The molecule has 1 aliphatic carbocycles. The third-order valence-electron chi connectivity index (χ3n) is 5.95.